The largest absolute Gasteiger partial charge is 0.507 e. The normalized spacial score (nSPS) is 10.7. The smallest absolute Gasteiger partial charge is 0.259 e. The number of nitrogens with one attached hydrogen (secondary N) is 1. The van der Waals surface area contributed by atoms with Crippen LogP contribution in [-0.4, -0.2) is 20.8 Å². The first-order valence-electron chi connectivity index (χ1n) is 5.81. The minimum absolute atomic E-state index is 0.152. The lowest BCUT2D eigenvalue weighted by molar-refractivity contribution is 0.102. The van der Waals surface area contributed by atoms with Crippen molar-refractivity contribution in [3.8, 4) is 5.75 Å². The van der Waals surface area contributed by atoms with Crippen molar-refractivity contribution >= 4 is 23.2 Å². The van der Waals surface area contributed by atoms with Gasteiger partial charge in [0.25, 0.3) is 5.91 Å². The highest BCUT2D eigenvalue weighted by Gasteiger charge is 2.12. The van der Waals surface area contributed by atoms with Crippen LogP contribution in [0.15, 0.2) is 30.6 Å². The topological polar surface area (TPSA) is 67.2 Å². The van der Waals surface area contributed by atoms with Crippen LogP contribution in [0.4, 0.5) is 5.69 Å². The average molecular weight is 280 g/mol. The molecule has 19 heavy (non-hydrogen) atoms. The molecular formula is C13H14ClN3O2. The van der Waals surface area contributed by atoms with Crippen molar-refractivity contribution in [3.05, 3.63) is 41.2 Å². The Morgan fingerprint density at radius 2 is 2.21 bits per heavy atom. The summed E-state index contributed by atoms with van der Waals surface area (Å²) >= 11 is 5.71. The molecule has 100 valence electrons. The third-order valence-electron chi connectivity index (χ3n) is 2.59. The zero-order chi connectivity index (χ0) is 14.0. The van der Waals surface area contributed by atoms with Gasteiger partial charge < -0.3 is 10.4 Å². The summed E-state index contributed by atoms with van der Waals surface area (Å²) in [6.45, 7) is 3.98. The van der Waals surface area contributed by atoms with E-state index in [1.165, 1.54) is 12.1 Å². The number of carbonyl (C=O) groups excluding carboxylic acids is 1. The number of rotatable bonds is 3. The van der Waals surface area contributed by atoms with Crippen LogP contribution in [0, 0.1) is 0 Å². The number of phenols is 1. The highest BCUT2D eigenvalue weighted by Crippen LogP contribution is 2.23. The van der Waals surface area contributed by atoms with Gasteiger partial charge in [0.1, 0.15) is 5.75 Å². The van der Waals surface area contributed by atoms with E-state index in [9.17, 15) is 9.90 Å². The van der Waals surface area contributed by atoms with Crippen LogP contribution in [0.2, 0.25) is 5.02 Å². The first kappa shape index (κ1) is 13.4. The monoisotopic (exact) mass is 279 g/mol. The Balaban J connectivity index is 2.16. The third kappa shape index (κ3) is 3.06. The quantitative estimate of drug-likeness (QED) is 0.907. The molecule has 0 atom stereocenters. The van der Waals surface area contributed by atoms with E-state index in [4.69, 9.17) is 11.6 Å². The van der Waals surface area contributed by atoms with Crippen LogP contribution < -0.4 is 5.32 Å². The molecule has 1 aromatic heterocycles. The van der Waals surface area contributed by atoms with Gasteiger partial charge in [-0.2, -0.15) is 5.10 Å². The Bertz CT molecular complexity index is 608. The van der Waals surface area contributed by atoms with E-state index in [2.05, 4.69) is 10.4 Å². The van der Waals surface area contributed by atoms with E-state index >= 15 is 0 Å². The van der Waals surface area contributed by atoms with E-state index < -0.39 is 5.91 Å². The van der Waals surface area contributed by atoms with Gasteiger partial charge in [-0.15, -0.1) is 0 Å². The average Bonchev–Trinajstić information content (AvgIpc) is 2.77. The fraction of sp³-hybridized carbons (Fsp3) is 0.231. The molecule has 2 N–H and O–H groups in total. The summed E-state index contributed by atoms with van der Waals surface area (Å²) < 4.78 is 1.73. The summed E-state index contributed by atoms with van der Waals surface area (Å²) in [6.07, 6.45) is 3.29. The highest BCUT2D eigenvalue weighted by atomic mass is 35.5. The fourth-order valence-electron chi connectivity index (χ4n) is 1.58. The number of hydrogen-bond donors (Lipinski definition) is 2. The Morgan fingerprint density at radius 1 is 1.47 bits per heavy atom. The van der Waals surface area contributed by atoms with E-state index in [1.54, 1.807) is 23.1 Å². The number of halogens is 1. The first-order chi connectivity index (χ1) is 8.97. The SMILES string of the molecule is CC(C)n1cc(NC(=O)c2ccc(Cl)cc2O)cn1. The van der Waals surface area contributed by atoms with Crippen molar-refractivity contribution in [2.45, 2.75) is 19.9 Å². The summed E-state index contributed by atoms with van der Waals surface area (Å²) in [7, 11) is 0. The minimum atomic E-state index is -0.405. The first-order valence-corrected chi connectivity index (χ1v) is 6.19. The Morgan fingerprint density at radius 3 is 2.79 bits per heavy atom. The number of anilines is 1. The molecule has 0 spiro atoms. The van der Waals surface area contributed by atoms with Gasteiger partial charge in [-0.3, -0.25) is 9.48 Å². The maximum atomic E-state index is 12.0. The van der Waals surface area contributed by atoms with Crippen LogP contribution >= 0.6 is 11.6 Å². The molecule has 1 heterocycles. The molecule has 2 aromatic rings. The summed E-state index contributed by atoms with van der Waals surface area (Å²) in [5.74, 6) is -0.557. The summed E-state index contributed by atoms with van der Waals surface area (Å²) in [6, 6.07) is 4.57. The van der Waals surface area contributed by atoms with Gasteiger partial charge in [0.05, 0.1) is 17.4 Å². The van der Waals surface area contributed by atoms with Crippen molar-refractivity contribution in [1.29, 1.82) is 0 Å². The van der Waals surface area contributed by atoms with E-state index in [0.717, 1.165) is 0 Å². The van der Waals surface area contributed by atoms with E-state index in [0.29, 0.717) is 10.7 Å². The fourth-order valence-corrected chi connectivity index (χ4v) is 1.75. The molecule has 1 aromatic carbocycles. The molecule has 0 aliphatic carbocycles. The number of carbonyl (C=O) groups is 1. The second kappa shape index (κ2) is 5.32. The summed E-state index contributed by atoms with van der Waals surface area (Å²) in [5, 5.41) is 16.8. The van der Waals surface area contributed by atoms with Crippen molar-refractivity contribution in [2.75, 3.05) is 5.32 Å². The zero-order valence-electron chi connectivity index (χ0n) is 10.6. The number of aromatic hydroxyl groups is 1. The van der Waals surface area contributed by atoms with Gasteiger partial charge in [0.2, 0.25) is 0 Å². The van der Waals surface area contributed by atoms with Crippen molar-refractivity contribution in [3.63, 3.8) is 0 Å². The van der Waals surface area contributed by atoms with E-state index in [-0.39, 0.29) is 17.4 Å². The Kier molecular flexibility index (Phi) is 3.76. The number of amides is 1. The Labute approximate surface area is 115 Å². The lowest BCUT2D eigenvalue weighted by Gasteiger charge is -2.05. The summed E-state index contributed by atoms with van der Waals surface area (Å²) in [5.41, 5.74) is 0.745. The molecule has 5 nitrogen and oxygen atoms in total. The zero-order valence-corrected chi connectivity index (χ0v) is 11.3. The number of hydrogen-bond acceptors (Lipinski definition) is 3. The van der Waals surface area contributed by atoms with Crippen molar-refractivity contribution in [1.82, 2.24) is 9.78 Å². The molecule has 0 bridgehead atoms. The molecule has 0 aliphatic rings. The minimum Gasteiger partial charge on any atom is -0.507 e. The maximum absolute atomic E-state index is 12.0. The highest BCUT2D eigenvalue weighted by molar-refractivity contribution is 6.30. The van der Waals surface area contributed by atoms with Crippen LogP contribution in [0.3, 0.4) is 0 Å². The lowest BCUT2D eigenvalue weighted by Crippen LogP contribution is -2.11. The van der Waals surface area contributed by atoms with Crippen molar-refractivity contribution < 1.29 is 9.90 Å². The van der Waals surface area contributed by atoms with Gasteiger partial charge in [0, 0.05) is 17.3 Å². The maximum Gasteiger partial charge on any atom is 0.259 e. The number of aromatic nitrogens is 2. The molecule has 0 unspecified atom stereocenters. The molecule has 6 heteroatoms. The summed E-state index contributed by atoms with van der Waals surface area (Å²) in [4.78, 5) is 12.0. The molecule has 1 amide bonds. The van der Waals surface area contributed by atoms with Crippen LogP contribution in [0.25, 0.3) is 0 Å². The van der Waals surface area contributed by atoms with Crippen LogP contribution in [0.5, 0.6) is 5.75 Å². The molecule has 0 radical (unpaired) electrons. The van der Waals surface area contributed by atoms with Crippen LogP contribution in [0.1, 0.15) is 30.2 Å². The Hall–Kier alpha value is -2.01. The molecule has 0 fully saturated rings. The predicted molar refractivity (Wildman–Crippen MR) is 73.7 cm³/mol. The van der Waals surface area contributed by atoms with Crippen LogP contribution in [-0.2, 0) is 0 Å². The van der Waals surface area contributed by atoms with Crippen molar-refractivity contribution in [2.24, 2.45) is 0 Å². The molecule has 0 saturated carbocycles. The molecular weight excluding hydrogens is 266 g/mol. The number of phenolic OH excluding ortho intramolecular Hbond substituents is 1. The second-order valence-electron chi connectivity index (χ2n) is 4.42. The van der Waals surface area contributed by atoms with Gasteiger partial charge in [-0.1, -0.05) is 11.6 Å². The van der Waals surface area contributed by atoms with Gasteiger partial charge in [0.15, 0.2) is 0 Å². The standard InChI is InChI=1S/C13H14ClN3O2/c1-8(2)17-7-10(6-15-17)16-13(19)11-4-3-9(14)5-12(11)18/h3-8,18H,1-2H3,(H,16,19). The number of nitrogens with zero attached hydrogens (tertiary/aromatic N) is 2. The lowest BCUT2D eigenvalue weighted by atomic mass is 10.2. The molecule has 0 aliphatic heterocycles. The van der Waals surface area contributed by atoms with Gasteiger partial charge in [-0.25, -0.2) is 0 Å². The van der Waals surface area contributed by atoms with E-state index in [1.807, 2.05) is 13.8 Å². The second-order valence-corrected chi connectivity index (χ2v) is 4.85. The van der Waals surface area contributed by atoms with Gasteiger partial charge >= 0.3 is 0 Å². The third-order valence-corrected chi connectivity index (χ3v) is 2.83. The van der Waals surface area contributed by atoms with Gasteiger partial charge in [-0.05, 0) is 32.0 Å². The predicted octanol–water partition coefficient (Wildman–Crippen LogP) is 3.08. The molecule has 2 rings (SSSR count). The number of benzene rings is 1. The molecule has 0 saturated heterocycles.